The minimum absolute atomic E-state index is 0. The molecule has 1 aliphatic heterocycles. The van der Waals surface area contributed by atoms with Crippen LogP contribution in [0.1, 0.15) is 46.1 Å². The first-order chi connectivity index (χ1) is 15.2. The molecule has 1 saturated heterocycles. The average molecular weight is 474 g/mol. The highest BCUT2D eigenvalue weighted by atomic mass is 35.5. The van der Waals surface area contributed by atoms with E-state index in [2.05, 4.69) is 5.32 Å². The molecule has 1 fully saturated rings. The largest absolute Gasteiger partial charge is 0.368 e. The molecule has 0 saturated carbocycles. The van der Waals surface area contributed by atoms with Crippen molar-refractivity contribution in [2.45, 2.75) is 59.0 Å². The molecule has 1 aliphatic rings. The molecule has 3 amide bonds. The third kappa shape index (κ3) is 6.26. The fraction of sp³-hybridized carbons (Fsp3) is 0.500. The number of nitrogens with one attached hydrogen (secondary N) is 1. The van der Waals surface area contributed by atoms with E-state index in [0.29, 0.717) is 19.4 Å². The van der Waals surface area contributed by atoms with Crippen LogP contribution in [0.5, 0.6) is 0 Å². The van der Waals surface area contributed by atoms with Gasteiger partial charge in [0.05, 0.1) is 0 Å². The number of fused-ring (bicyclic) bond motifs is 1. The molecule has 6 nitrogen and oxygen atoms in total. The number of primary amides is 1. The second-order valence-electron chi connectivity index (χ2n) is 9.55. The zero-order chi connectivity index (χ0) is 23.4. The first-order valence-electron chi connectivity index (χ1n) is 11.6. The second kappa shape index (κ2) is 11.5. The molecule has 0 radical (unpaired) electrons. The number of likely N-dealkylation sites (tertiary alicyclic amines) is 1. The number of carbonyl (C=O) groups is 3. The van der Waals surface area contributed by atoms with Gasteiger partial charge in [-0.05, 0) is 41.0 Å². The summed E-state index contributed by atoms with van der Waals surface area (Å²) in [6, 6.07) is 12.6. The lowest BCUT2D eigenvalue weighted by atomic mass is 9.84. The first kappa shape index (κ1) is 26.7. The smallest absolute Gasteiger partial charge is 0.243 e. The van der Waals surface area contributed by atoms with Crippen molar-refractivity contribution < 1.29 is 14.4 Å². The highest BCUT2D eigenvalue weighted by Crippen LogP contribution is 2.28. The summed E-state index contributed by atoms with van der Waals surface area (Å²) in [6.45, 7) is 8.74. The van der Waals surface area contributed by atoms with E-state index in [-0.39, 0.29) is 42.0 Å². The summed E-state index contributed by atoms with van der Waals surface area (Å²) < 4.78 is 0. The maximum atomic E-state index is 13.2. The Morgan fingerprint density at radius 1 is 1.03 bits per heavy atom. The number of nitrogens with two attached hydrogens (primary N) is 1. The van der Waals surface area contributed by atoms with Crippen molar-refractivity contribution in [3.05, 3.63) is 48.0 Å². The Balaban J connectivity index is 0.00000385. The predicted octanol–water partition coefficient (Wildman–Crippen LogP) is 3.69. The van der Waals surface area contributed by atoms with Crippen molar-refractivity contribution in [1.29, 1.82) is 0 Å². The highest BCUT2D eigenvalue weighted by Gasteiger charge is 2.39. The highest BCUT2D eigenvalue weighted by molar-refractivity contribution is 5.93. The summed E-state index contributed by atoms with van der Waals surface area (Å²) in [6.07, 6.45) is 1.69. The zero-order valence-corrected chi connectivity index (χ0v) is 20.7. The van der Waals surface area contributed by atoms with Crippen molar-refractivity contribution in [2.24, 2.45) is 23.5 Å². The van der Waals surface area contributed by atoms with Crippen LogP contribution in [0, 0.1) is 17.8 Å². The summed E-state index contributed by atoms with van der Waals surface area (Å²) in [5.41, 5.74) is 6.56. The molecule has 2 atom stereocenters. The van der Waals surface area contributed by atoms with Gasteiger partial charge >= 0.3 is 0 Å². The number of carbonyl (C=O) groups excluding carboxylic acids is 3. The van der Waals surface area contributed by atoms with Gasteiger partial charge in [-0.2, -0.15) is 0 Å². The van der Waals surface area contributed by atoms with Crippen molar-refractivity contribution in [3.8, 4) is 0 Å². The summed E-state index contributed by atoms with van der Waals surface area (Å²) in [4.78, 5) is 40.2. The van der Waals surface area contributed by atoms with Gasteiger partial charge in [0.2, 0.25) is 17.7 Å². The number of nitrogens with zero attached hydrogens (tertiary/aromatic N) is 1. The molecule has 180 valence electrons. The molecular formula is C26H36ClN3O3. The van der Waals surface area contributed by atoms with Gasteiger partial charge in [-0.1, -0.05) is 70.2 Å². The van der Waals surface area contributed by atoms with Crippen LogP contribution >= 0.6 is 12.4 Å². The van der Waals surface area contributed by atoms with Crippen molar-refractivity contribution >= 4 is 40.9 Å². The zero-order valence-electron chi connectivity index (χ0n) is 19.9. The van der Waals surface area contributed by atoms with Crippen LogP contribution in [0.2, 0.25) is 0 Å². The lowest BCUT2D eigenvalue weighted by molar-refractivity contribution is -0.144. The van der Waals surface area contributed by atoms with Gasteiger partial charge < -0.3 is 16.0 Å². The van der Waals surface area contributed by atoms with E-state index in [1.54, 1.807) is 4.90 Å². The van der Waals surface area contributed by atoms with Crippen LogP contribution in [0.15, 0.2) is 42.5 Å². The monoisotopic (exact) mass is 473 g/mol. The van der Waals surface area contributed by atoms with Crippen LogP contribution in [0.25, 0.3) is 10.8 Å². The SMILES string of the molecule is CC(C)C(C(=O)N1CCC[C@H]1C(=O)NC(Cc1ccc2ccccc2c1)C(N)=O)C(C)C.Cl. The van der Waals surface area contributed by atoms with Crippen molar-refractivity contribution in [2.75, 3.05) is 6.54 Å². The Bertz CT molecular complexity index is 984. The third-order valence-corrected chi connectivity index (χ3v) is 6.47. The molecule has 0 aliphatic carbocycles. The molecule has 3 N–H and O–H groups in total. The van der Waals surface area contributed by atoms with E-state index in [1.807, 2.05) is 70.2 Å². The summed E-state index contributed by atoms with van der Waals surface area (Å²) in [5, 5.41) is 5.01. The Hall–Kier alpha value is -2.60. The molecule has 0 bridgehead atoms. The summed E-state index contributed by atoms with van der Waals surface area (Å²) >= 11 is 0. The van der Waals surface area contributed by atoms with Crippen molar-refractivity contribution in [3.63, 3.8) is 0 Å². The van der Waals surface area contributed by atoms with Gasteiger partial charge in [0.25, 0.3) is 0 Å². The van der Waals surface area contributed by atoms with Gasteiger partial charge in [-0.3, -0.25) is 14.4 Å². The Morgan fingerprint density at radius 2 is 1.67 bits per heavy atom. The molecular weight excluding hydrogens is 438 g/mol. The number of hydrogen-bond acceptors (Lipinski definition) is 3. The molecule has 33 heavy (non-hydrogen) atoms. The molecule has 3 rings (SSSR count). The van der Waals surface area contributed by atoms with Gasteiger partial charge in [0, 0.05) is 18.9 Å². The fourth-order valence-corrected chi connectivity index (χ4v) is 4.93. The molecule has 0 aromatic heterocycles. The number of benzene rings is 2. The second-order valence-corrected chi connectivity index (χ2v) is 9.55. The quantitative estimate of drug-likeness (QED) is 0.612. The Morgan fingerprint density at radius 3 is 2.27 bits per heavy atom. The van der Waals surface area contributed by atoms with Gasteiger partial charge in [0.15, 0.2) is 0 Å². The predicted molar refractivity (Wildman–Crippen MR) is 134 cm³/mol. The molecule has 1 heterocycles. The van der Waals surface area contributed by atoms with E-state index in [4.69, 9.17) is 5.73 Å². The van der Waals surface area contributed by atoms with Gasteiger partial charge in [-0.25, -0.2) is 0 Å². The molecule has 7 heteroatoms. The van der Waals surface area contributed by atoms with Crippen LogP contribution in [-0.4, -0.2) is 41.2 Å². The molecule has 2 aromatic carbocycles. The minimum Gasteiger partial charge on any atom is -0.368 e. The number of amides is 3. The van der Waals surface area contributed by atoms with E-state index < -0.39 is 18.0 Å². The van der Waals surface area contributed by atoms with Gasteiger partial charge in [0.1, 0.15) is 12.1 Å². The molecule has 2 aromatic rings. The third-order valence-electron chi connectivity index (χ3n) is 6.47. The van der Waals surface area contributed by atoms with Crippen LogP contribution < -0.4 is 11.1 Å². The Kier molecular flexibility index (Phi) is 9.29. The molecule has 0 spiro atoms. The lowest BCUT2D eigenvalue weighted by Gasteiger charge is -2.32. The standard InChI is InChI=1S/C26H35N3O3.ClH/c1-16(2)23(17(3)4)26(32)29-13-7-10-22(29)25(31)28-21(24(27)30)15-18-11-12-19-8-5-6-9-20(19)14-18;/h5-6,8-9,11-12,14,16-17,21-23H,7,10,13,15H2,1-4H3,(H2,27,30)(H,28,31);1H/t21?,22-;/m0./s1. The normalized spacial score (nSPS) is 16.8. The molecule has 1 unspecified atom stereocenters. The van der Waals surface area contributed by atoms with Crippen LogP contribution in [0.3, 0.4) is 0 Å². The summed E-state index contributed by atoms with van der Waals surface area (Å²) in [7, 11) is 0. The maximum absolute atomic E-state index is 13.2. The lowest BCUT2D eigenvalue weighted by Crippen LogP contribution is -2.54. The maximum Gasteiger partial charge on any atom is 0.243 e. The summed E-state index contributed by atoms with van der Waals surface area (Å²) in [5.74, 6) is -0.599. The number of rotatable bonds is 8. The van der Waals surface area contributed by atoms with Crippen LogP contribution in [0.4, 0.5) is 0 Å². The Labute approximate surface area is 202 Å². The fourth-order valence-electron chi connectivity index (χ4n) is 4.93. The van der Waals surface area contributed by atoms with E-state index in [9.17, 15) is 14.4 Å². The number of hydrogen-bond donors (Lipinski definition) is 2. The minimum atomic E-state index is -0.827. The van der Waals surface area contributed by atoms with Crippen molar-refractivity contribution in [1.82, 2.24) is 10.2 Å². The average Bonchev–Trinajstić information content (AvgIpc) is 3.22. The van der Waals surface area contributed by atoms with Gasteiger partial charge in [-0.15, -0.1) is 12.4 Å². The topological polar surface area (TPSA) is 92.5 Å². The van der Waals surface area contributed by atoms with E-state index in [0.717, 1.165) is 22.8 Å². The van der Waals surface area contributed by atoms with Crippen LogP contribution in [-0.2, 0) is 20.8 Å². The number of halogens is 1. The van der Waals surface area contributed by atoms with E-state index >= 15 is 0 Å². The first-order valence-corrected chi connectivity index (χ1v) is 11.6. The van der Waals surface area contributed by atoms with E-state index in [1.165, 1.54) is 0 Å².